The number of hydrogen-bond donors (Lipinski definition) is 1. The molecule has 1 unspecified atom stereocenters. The van der Waals surface area contributed by atoms with Crippen molar-refractivity contribution in [3.63, 3.8) is 0 Å². The highest BCUT2D eigenvalue weighted by Gasteiger charge is 2.39. The van der Waals surface area contributed by atoms with Gasteiger partial charge >= 0.3 is 6.18 Å². The van der Waals surface area contributed by atoms with E-state index >= 15 is 0 Å². The summed E-state index contributed by atoms with van der Waals surface area (Å²) < 4.78 is 40.9. The zero-order chi connectivity index (χ0) is 11.0. The number of alkyl halides is 3. The Hall–Kier alpha value is -0.290. The quantitative estimate of drug-likeness (QED) is 0.659. The van der Waals surface area contributed by atoms with Crippen LogP contribution in [0, 0.1) is 0 Å². The molecule has 0 aliphatic heterocycles. The predicted molar refractivity (Wildman–Crippen MR) is 49.0 cm³/mol. The molecule has 0 spiro atoms. The number of halogens is 3. The van der Waals surface area contributed by atoms with Crippen molar-refractivity contribution in [3.8, 4) is 0 Å². The first kappa shape index (κ1) is 13.7. The SMILES string of the molecule is CCCCCCOC(CN)C(F)(F)F. The van der Waals surface area contributed by atoms with Crippen LogP contribution in [0.3, 0.4) is 0 Å². The minimum atomic E-state index is -4.33. The standard InChI is InChI=1S/C9H18F3NO/c1-2-3-4-5-6-14-8(7-13)9(10,11)12/h8H,2-7,13H2,1H3. The molecular weight excluding hydrogens is 195 g/mol. The molecule has 0 aromatic rings. The number of rotatable bonds is 7. The summed E-state index contributed by atoms with van der Waals surface area (Å²) in [5.74, 6) is 0. The van der Waals surface area contributed by atoms with Crippen LogP contribution in [0.5, 0.6) is 0 Å². The molecule has 2 N–H and O–H groups in total. The van der Waals surface area contributed by atoms with Crippen LogP contribution in [-0.4, -0.2) is 25.4 Å². The van der Waals surface area contributed by atoms with Crippen LogP contribution in [0.4, 0.5) is 13.2 Å². The van der Waals surface area contributed by atoms with E-state index in [0.29, 0.717) is 6.42 Å². The Morgan fingerprint density at radius 2 is 1.86 bits per heavy atom. The molecule has 0 saturated heterocycles. The summed E-state index contributed by atoms with van der Waals surface area (Å²) >= 11 is 0. The highest BCUT2D eigenvalue weighted by atomic mass is 19.4. The second-order valence-corrected chi connectivity index (χ2v) is 3.20. The van der Waals surface area contributed by atoms with Crippen molar-refractivity contribution in [1.29, 1.82) is 0 Å². The van der Waals surface area contributed by atoms with Crippen molar-refractivity contribution in [2.45, 2.75) is 44.9 Å². The lowest BCUT2D eigenvalue weighted by atomic mass is 10.2. The van der Waals surface area contributed by atoms with Crippen LogP contribution < -0.4 is 5.73 Å². The third kappa shape index (κ3) is 6.21. The van der Waals surface area contributed by atoms with Gasteiger partial charge in [0.05, 0.1) is 0 Å². The van der Waals surface area contributed by atoms with Crippen molar-refractivity contribution in [1.82, 2.24) is 0 Å². The molecule has 14 heavy (non-hydrogen) atoms. The van der Waals surface area contributed by atoms with Gasteiger partial charge in [-0.05, 0) is 6.42 Å². The Morgan fingerprint density at radius 3 is 2.29 bits per heavy atom. The van der Waals surface area contributed by atoms with E-state index in [1.165, 1.54) is 0 Å². The molecule has 5 heteroatoms. The van der Waals surface area contributed by atoms with Gasteiger partial charge in [0.25, 0.3) is 0 Å². The minimum Gasteiger partial charge on any atom is -0.367 e. The van der Waals surface area contributed by atoms with Crippen molar-refractivity contribution in [2.75, 3.05) is 13.2 Å². The van der Waals surface area contributed by atoms with E-state index in [2.05, 4.69) is 4.74 Å². The maximum absolute atomic E-state index is 12.1. The molecule has 0 radical (unpaired) electrons. The fourth-order valence-corrected chi connectivity index (χ4v) is 1.05. The summed E-state index contributed by atoms with van der Waals surface area (Å²) in [5.41, 5.74) is 4.95. The zero-order valence-corrected chi connectivity index (χ0v) is 8.44. The lowest BCUT2D eigenvalue weighted by molar-refractivity contribution is -0.216. The Kier molecular flexibility index (Phi) is 6.92. The average molecular weight is 213 g/mol. The Labute approximate surface area is 82.6 Å². The molecule has 0 heterocycles. The van der Waals surface area contributed by atoms with E-state index in [-0.39, 0.29) is 6.61 Å². The molecule has 86 valence electrons. The normalized spacial score (nSPS) is 14.4. The smallest absolute Gasteiger partial charge is 0.367 e. The van der Waals surface area contributed by atoms with Crippen molar-refractivity contribution in [2.24, 2.45) is 5.73 Å². The number of hydrogen-bond acceptors (Lipinski definition) is 2. The van der Waals surface area contributed by atoms with E-state index < -0.39 is 18.8 Å². The van der Waals surface area contributed by atoms with Crippen molar-refractivity contribution >= 4 is 0 Å². The van der Waals surface area contributed by atoms with E-state index in [1.54, 1.807) is 0 Å². The molecule has 0 bridgehead atoms. The third-order valence-corrected chi connectivity index (χ3v) is 1.90. The van der Waals surface area contributed by atoms with Crippen LogP contribution >= 0.6 is 0 Å². The van der Waals surface area contributed by atoms with Gasteiger partial charge in [0.1, 0.15) is 0 Å². The topological polar surface area (TPSA) is 35.2 Å². The molecule has 0 aromatic carbocycles. The lowest BCUT2D eigenvalue weighted by Crippen LogP contribution is -2.38. The Bertz CT molecular complexity index is 139. The second kappa shape index (κ2) is 7.06. The van der Waals surface area contributed by atoms with Gasteiger partial charge < -0.3 is 10.5 Å². The maximum atomic E-state index is 12.1. The second-order valence-electron chi connectivity index (χ2n) is 3.20. The van der Waals surface area contributed by atoms with Crippen LogP contribution in [0.15, 0.2) is 0 Å². The van der Waals surface area contributed by atoms with Crippen molar-refractivity contribution < 1.29 is 17.9 Å². The predicted octanol–water partition coefficient (Wildman–Crippen LogP) is 2.47. The summed E-state index contributed by atoms with van der Waals surface area (Å²) in [6.45, 7) is 1.68. The number of nitrogens with two attached hydrogens (primary N) is 1. The van der Waals surface area contributed by atoms with Crippen LogP contribution in [0.1, 0.15) is 32.6 Å². The van der Waals surface area contributed by atoms with Gasteiger partial charge in [0.2, 0.25) is 0 Å². The largest absolute Gasteiger partial charge is 0.415 e. The molecule has 2 nitrogen and oxygen atoms in total. The highest BCUT2D eigenvalue weighted by Crippen LogP contribution is 2.22. The zero-order valence-electron chi connectivity index (χ0n) is 8.44. The van der Waals surface area contributed by atoms with Gasteiger partial charge in [-0.1, -0.05) is 26.2 Å². The van der Waals surface area contributed by atoms with E-state index in [0.717, 1.165) is 19.3 Å². The van der Waals surface area contributed by atoms with Gasteiger partial charge in [0.15, 0.2) is 6.10 Å². The fourth-order valence-electron chi connectivity index (χ4n) is 1.05. The molecule has 0 aliphatic rings. The molecule has 0 aromatic heterocycles. The molecule has 0 rings (SSSR count). The molecule has 0 fully saturated rings. The van der Waals surface area contributed by atoms with Crippen LogP contribution in [0.2, 0.25) is 0 Å². The van der Waals surface area contributed by atoms with Crippen molar-refractivity contribution in [3.05, 3.63) is 0 Å². The first-order valence-corrected chi connectivity index (χ1v) is 4.90. The van der Waals surface area contributed by atoms with E-state index in [9.17, 15) is 13.2 Å². The molecular formula is C9H18F3NO. The molecule has 0 aliphatic carbocycles. The number of unbranched alkanes of at least 4 members (excludes halogenated alkanes) is 3. The van der Waals surface area contributed by atoms with E-state index in [1.807, 2.05) is 6.92 Å². The van der Waals surface area contributed by atoms with Crippen LogP contribution in [-0.2, 0) is 4.74 Å². The van der Waals surface area contributed by atoms with Gasteiger partial charge in [-0.25, -0.2) is 0 Å². The van der Waals surface area contributed by atoms with Crippen LogP contribution in [0.25, 0.3) is 0 Å². The summed E-state index contributed by atoms with van der Waals surface area (Å²) in [5, 5.41) is 0. The first-order chi connectivity index (χ1) is 6.52. The first-order valence-electron chi connectivity index (χ1n) is 4.90. The highest BCUT2D eigenvalue weighted by molar-refractivity contribution is 4.67. The molecule has 1 atom stereocenters. The summed E-state index contributed by atoms with van der Waals surface area (Å²) in [6, 6.07) is 0. The van der Waals surface area contributed by atoms with Gasteiger partial charge in [-0.15, -0.1) is 0 Å². The third-order valence-electron chi connectivity index (χ3n) is 1.90. The number of ether oxygens (including phenoxy) is 1. The minimum absolute atomic E-state index is 0.140. The lowest BCUT2D eigenvalue weighted by Gasteiger charge is -2.18. The Morgan fingerprint density at radius 1 is 1.21 bits per heavy atom. The monoisotopic (exact) mass is 213 g/mol. The fraction of sp³-hybridized carbons (Fsp3) is 1.00. The molecule has 0 amide bonds. The summed E-state index contributed by atoms with van der Waals surface area (Å²) in [4.78, 5) is 0. The Balaban J connectivity index is 3.54. The summed E-state index contributed by atoms with van der Waals surface area (Å²) in [6.07, 6.45) is -2.47. The van der Waals surface area contributed by atoms with Gasteiger partial charge in [-0.3, -0.25) is 0 Å². The van der Waals surface area contributed by atoms with Gasteiger partial charge in [0, 0.05) is 13.2 Å². The maximum Gasteiger partial charge on any atom is 0.415 e. The van der Waals surface area contributed by atoms with E-state index in [4.69, 9.17) is 5.73 Å². The van der Waals surface area contributed by atoms with Gasteiger partial charge in [-0.2, -0.15) is 13.2 Å². The molecule has 0 saturated carbocycles. The average Bonchev–Trinajstić information content (AvgIpc) is 2.09. The summed E-state index contributed by atoms with van der Waals surface area (Å²) in [7, 11) is 0.